The molecule has 29 heavy (non-hydrogen) atoms. The van der Waals surface area contributed by atoms with Crippen LogP contribution in [0.1, 0.15) is 81.5 Å². The van der Waals surface area contributed by atoms with Gasteiger partial charge in [0, 0.05) is 11.3 Å². The molecule has 1 atom stereocenters. The third kappa shape index (κ3) is 6.26. The van der Waals surface area contributed by atoms with Crippen molar-refractivity contribution in [1.82, 2.24) is 0 Å². The largest absolute Gasteiger partial charge is 0.330 e. The van der Waals surface area contributed by atoms with E-state index >= 15 is 0 Å². The predicted octanol–water partition coefficient (Wildman–Crippen LogP) is 6.52. The van der Waals surface area contributed by atoms with E-state index in [0.29, 0.717) is 24.0 Å². The summed E-state index contributed by atoms with van der Waals surface area (Å²) < 4.78 is 0. The number of hydrogen-bond acceptors (Lipinski definition) is 3. The number of thiophene rings is 1. The molecular formula is C26H39NOS. The summed E-state index contributed by atoms with van der Waals surface area (Å²) in [5.74, 6) is 1.47. The van der Waals surface area contributed by atoms with E-state index in [1.807, 2.05) is 0 Å². The van der Waals surface area contributed by atoms with Gasteiger partial charge in [-0.3, -0.25) is 4.79 Å². The molecule has 1 heterocycles. The van der Waals surface area contributed by atoms with Crippen molar-refractivity contribution in [1.29, 1.82) is 0 Å². The third-order valence-corrected chi connectivity index (χ3v) is 7.32. The van der Waals surface area contributed by atoms with Crippen molar-refractivity contribution in [3.63, 3.8) is 0 Å². The molecule has 0 saturated heterocycles. The van der Waals surface area contributed by atoms with E-state index in [1.54, 1.807) is 11.3 Å². The molecule has 0 fully saturated rings. The summed E-state index contributed by atoms with van der Waals surface area (Å²) in [4.78, 5) is 15.2. The fourth-order valence-corrected chi connectivity index (χ4v) is 5.32. The zero-order valence-corrected chi connectivity index (χ0v) is 20.3. The fraction of sp³-hybridized carbons (Fsp3) is 0.577. The van der Waals surface area contributed by atoms with Crippen molar-refractivity contribution < 1.29 is 4.79 Å². The van der Waals surface area contributed by atoms with Crippen LogP contribution in [0.2, 0.25) is 0 Å². The molecule has 0 spiro atoms. The number of nitrogens with two attached hydrogens (primary N) is 1. The summed E-state index contributed by atoms with van der Waals surface area (Å²) in [5, 5.41) is 0. The molecule has 2 nitrogen and oxygen atoms in total. The Hall–Kier alpha value is -1.45. The molecule has 3 heteroatoms. The summed E-state index contributed by atoms with van der Waals surface area (Å²) in [6.45, 7) is 16.1. The van der Waals surface area contributed by atoms with Gasteiger partial charge >= 0.3 is 0 Å². The van der Waals surface area contributed by atoms with Gasteiger partial charge in [0.2, 0.25) is 0 Å². The second kappa shape index (κ2) is 10.5. The van der Waals surface area contributed by atoms with E-state index in [1.165, 1.54) is 38.3 Å². The van der Waals surface area contributed by atoms with Gasteiger partial charge in [0.05, 0.1) is 4.88 Å². The van der Waals surface area contributed by atoms with Gasteiger partial charge in [-0.15, -0.1) is 11.3 Å². The Morgan fingerprint density at radius 3 is 2.17 bits per heavy atom. The first-order chi connectivity index (χ1) is 13.6. The van der Waals surface area contributed by atoms with Crippen molar-refractivity contribution in [3.8, 4) is 0 Å². The summed E-state index contributed by atoms with van der Waals surface area (Å²) in [5.41, 5.74) is 13.8. The zero-order chi connectivity index (χ0) is 21.7. The SMILES string of the molecule is Cc1cc(CCC(=O)c2sc(C)c(CC(C)C)c2C)cc(C)c1CCC(C)CN. The van der Waals surface area contributed by atoms with Crippen LogP contribution in [-0.2, 0) is 19.3 Å². The van der Waals surface area contributed by atoms with Crippen molar-refractivity contribution in [2.75, 3.05) is 6.54 Å². The summed E-state index contributed by atoms with van der Waals surface area (Å²) in [7, 11) is 0. The Labute approximate surface area is 181 Å². The van der Waals surface area contributed by atoms with Crippen LogP contribution in [0, 0.1) is 39.5 Å². The van der Waals surface area contributed by atoms with Crippen molar-refractivity contribution >= 4 is 17.1 Å². The van der Waals surface area contributed by atoms with Gasteiger partial charge in [-0.1, -0.05) is 32.9 Å². The molecule has 2 N–H and O–H groups in total. The number of hydrogen-bond donors (Lipinski definition) is 1. The van der Waals surface area contributed by atoms with Gasteiger partial charge in [-0.05, 0) is 105 Å². The minimum Gasteiger partial charge on any atom is -0.330 e. The lowest BCUT2D eigenvalue weighted by Gasteiger charge is -2.15. The van der Waals surface area contributed by atoms with E-state index < -0.39 is 0 Å². The molecule has 1 unspecified atom stereocenters. The number of aryl methyl sites for hydroxylation is 4. The van der Waals surface area contributed by atoms with E-state index in [2.05, 4.69) is 60.6 Å². The highest BCUT2D eigenvalue weighted by Gasteiger charge is 2.18. The van der Waals surface area contributed by atoms with Gasteiger partial charge in [-0.25, -0.2) is 0 Å². The molecule has 0 aliphatic rings. The number of benzene rings is 1. The van der Waals surface area contributed by atoms with Gasteiger partial charge in [-0.2, -0.15) is 0 Å². The minimum atomic E-state index is 0.293. The van der Waals surface area contributed by atoms with E-state index in [0.717, 1.165) is 37.1 Å². The quantitative estimate of drug-likeness (QED) is 0.450. The lowest BCUT2D eigenvalue weighted by Crippen LogP contribution is -2.12. The number of rotatable bonds is 10. The Morgan fingerprint density at radius 2 is 1.62 bits per heavy atom. The average molecular weight is 414 g/mol. The second-order valence-corrected chi connectivity index (χ2v) is 10.4. The smallest absolute Gasteiger partial charge is 0.173 e. The van der Waals surface area contributed by atoms with Crippen LogP contribution >= 0.6 is 11.3 Å². The van der Waals surface area contributed by atoms with Gasteiger partial charge < -0.3 is 5.73 Å². The topological polar surface area (TPSA) is 43.1 Å². The standard InChI is InChI=1S/C26H39NOS/c1-16(2)12-24-20(6)26(29-21(24)7)25(28)11-9-22-13-18(4)23(19(5)14-22)10-8-17(3)15-27/h13-14,16-17H,8-12,15,27H2,1-7H3. The number of ketones is 1. The normalized spacial score (nSPS) is 12.6. The maximum Gasteiger partial charge on any atom is 0.173 e. The van der Waals surface area contributed by atoms with Gasteiger partial charge in [0.1, 0.15) is 0 Å². The molecule has 0 radical (unpaired) electrons. The maximum absolute atomic E-state index is 12.9. The van der Waals surface area contributed by atoms with Crippen LogP contribution in [0.15, 0.2) is 12.1 Å². The fourth-order valence-electron chi connectivity index (χ4n) is 4.17. The monoisotopic (exact) mass is 413 g/mol. The van der Waals surface area contributed by atoms with E-state index in [-0.39, 0.29) is 0 Å². The summed E-state index contributed by atoms with van der Waals surface area (Å²) in [6.07, 6.45) is 4.68. The van der Waals surface area contributed by atoms with Crippen LogP contribution in [0.25, 0.3) is 0 Å². The molecule has 2 aromatic rings. The summed E-state index contributed by atoms with van der Waals surface area (Å²) >= 11 is 1.69. The minimum absolute atomic E-state index is 0.293. The number of Topliss-reactive ketones (excluding diaryl/α,β-unsaturated/α-hetero) is 1. The molecule has 0 amide bonds. The van der Waals surface area contributed by atoms with Gasteiger partial charge in [0.25, 0.3) is 0 Å². The Morgan fingerprint density at radius 1 is 1.00 bits per heavy atom. The molecule has 0 saturated carbocycles. The first kappa shape index (κ1) is 23.8. The molecule has 1 aromatic heterocycles. The lowest BCUT2D eigenvalue weighted by atomic mass is 9.91. The van der Waals surface area contributed by atoms with E-state index in [9.17, 15) is 4.79 Å². The Balaban J connectivity index is 2.07. The predicted molar refractivity (Wildman–Crippen MR) is 127 cm³/mol. The van der Waals surface area contributed by atoms with Crippen molar-refractivity contribution in [3.05, 3.63) is 55.3 Å². The molecule has 1 aromatic carbocycles. The van der Waals surface area contributed by atoms with Crippen molar-refractivity contribution in [2.24, 2.45) is 17.6 Å². The molecule has 0 aliphatic heterocycles. The summed E-state index contributed by atoms with van der Waals surface area (Å²) in [6, 6.07) is 4.55. The van der Waals surface area contributed by atoms with Crippen LogP contribution < -0.4 is 5.73 Å². The zero-order valence-electron chi connectivity index (χ0n) is 19.4. The molecular weight excluding hydrogens is 374 g/mol. The third-order valence-electron chi connectivity index (χ3n) is 6.03. The Kier molecular flexibility index (Phi) is 8.66. The first-order valence-corrected chi connectivity index (χ1v) is 11.9. The highest BCUT2D eigenvalue weighted by Crippen LogP contribution is 2.31. The number of carbonyl (C=O) groups is 1. The van der Waals surface area contributed by atoms with Crippen LogP contribution in [0.4, 0.5) is 0 Å². The highest BCUT2D eigenvalue weighted by atomic mass is 32.1. The van der Waals surface area contributed by atoms with Gasteiger partial charge in [0.15, 0.2) is 5.78 Å². The molecule has 0 aliphatic carbocycles. The van der Waals surface area contributed by atoms with E-state index in [4.69, 9.17) is 5.73 Å². The average Bonchev–Trinajstić information content (AvgIpc) is 2.93. The number of carbonyl (C=O) groups excluding carboxylic acids is 1. The maximum atomic E-state index is 12.9. The highest BCUT2D eigenvalue weighted by molar-refractivity contribution is 7.14. The van der Waals surface area contributed by atoms with Crippen LogP contribution in [0.5, 0.6) is 0 Å². The first-order valence-electron chi connectivity index (χ1n) is 11.0. The lowest BCUT2D eigenvalue weighted by molar-refractivity contribution is 0.0986. The second-order valence-electron chi connectivity index (χ2n) is 9.20. The molecule has 2 rings (SSSR count). The molecule has 160 valence electrons. The van der Waals surface area contributed by atoms with Crippen LogP contribution in [0.3, 0.4) is 0 Å². The molecule has 0 bridgehead atoms. The Bertz CT molecular complexity index is 824. The van der Waals surface area contributed by atoms with Crippen molar-refractivity contribution in [2.45, 2.75) is 80.6 Å². The van der Waals surface area contributed by atoms with Crippen LogP contribution in [-0.4, -0.2) is 12.3 Å².